The largest absolute Gasteiger partial charge is 0.333 e. The molecule has 4 heteroatoms. The van der Waals surface area contributed by atoms with E-state index in [1.807, 2.05) is 4.90 Å². The van der Waals surface area contributed by atoms with Crippen LogP contribution in [-0.2, 0) is 13.0 Å². The molecule has 2 amide bonds. The first-order valence-electron chi connectivity index (χ1n) is 6.90. The van der Waals surface area contributed by atoms with Crippen molar-refractivity contribution in [3.63, 3.8) is 0 Å². The number of hydrogen-bond acceptors (Lipinski definition) is 2. The van der Waals surface area contributed by atoms with Crippen LogP contribution < -0.4 is 5.32 Å². The van der Waals surface area contributed by atoms with E-state index in [9.17, 15) is 4.79 Å². The number of nitrogens with one attached hydrogen (secondary N) is 1. The normalized spacial score (nSPS) is 16.4. The molecule has 2 heterocycles. The highest BCUT2D eigenvalue weighted by Gasteiger charge is 2.14. The van der Waals surface area contributed by atoms with E-state index in [0.717, 1.165) is 32.4 Å². The molecule has 0 spiro atoms. The molecule has 3 nitrogen and oxygen atoms in total. The van der Waals surface area contributed by atoms with Crippen molar-refractivity contribution in [3.05, 3.63) is 21.9 Å². The molecule has 100 valence electrons. The molecule has 1 aliphatic rings. The van der Waals surface area contributed by atoms with Crippen molar-refractivity contribution in [2.24, 2.45) is 0 Å². The Labute approximate surface area is 113 Å². The van der Waals surface area contributed by atoms with Gasteiger partial charge in [0.25, 0.3) is 0 Å². The van der Waals surface area contributed by atoms with Crippen molar-refractivity contribution < 1.29 is 4.79 Å². The molecule has 0 unspecified atom stereocenters. The van der Waals surface area contributed by atoms with Crippen LogP contribution in [0.5, 0.6) is 0 Å². The molecule has 0 aromatic carbocycles. The highest BCUT2D eigenvalue weighted by molar-refractivity contribution is 7.11. The molecule has 1 saturated heterocycles. The molecule has 1 aromatic rings. The summed E-state index contributed by atoms with van der Waals surface area (Å²) >= 11 is 1.79. The van der Waals surface area contributed by atoms with Crippen molar-refractivity contribution >= 4 is 17.4 Å². The lowest BCUT2D eigenvalue weighted by Gasteiger charge is -2.20. The molecule has 1 aromatic heterocycles. The van der Waals surface area contributed by atoms with Crippen molar-refractivity contribution in [2.75, 3.05) is 13.1 Å². The van der Waals surface area contributed by atoms with Gasteiger partial charge in [-0.2, -0.15) is 0 Å². The Hall–Kier alpha value is -1.03. The maximum absolute atomic E-state index is 12.0. The smallest absolute Gasteiger partial charge is 0.317 e. The van der Waals surface area contributed by atoms with E-state index in [-0.39, 0.29) is 6.03 Å². The number of likely N-dealkylation sites (tertiary alicyclic amines) is 1. The summed E-state index contributed by atoms with van der Waals surface area (Å²) in [5, 5.41) is 3.03. The van der Waals surface area contributed by atoms with Crippen molar-refractivity contribution in [1.29, 1.82) is 0 Å². The summed E-state index contributed by atoms with van der Waals surface area (Å²) in [7, 11) is 0. The summed E-state index contributed by atoms with van der Waals surface area (Å²) in [6.07, 6.45) is 5.88. The van der Waals surface area contributed by atoms with Crippen LogP contribution in [0.15, 0.2) is 12.1 Å². The van der Waals surface area contributed by atoms with E-state index in [1.54, 1.807) is 11.3 Å². The monoisotopic (exact) mass is 266 g/mol. The van der Waals surface area contributed by atoms with Crippen LogP contribution >= 0.6 is 11.3 Å². The number of rotatable bonds is 3. The second kappa shape index (κ2) is 6.78. The van der Waals surface area contributed by atoms with Crippen LogP contribution in [-0.4, -0.2) is 24.0 Å². The average molecular weight is 266 g/mol. The molecule has 18 heavy (non-hydrogen) atoms. The van der Waals surface area contributed by atoms with E-state index < -0.39 is 0 Å². The third-order valence-corrected chi connectivity index (χ3v) is 4.60. The molecule has 0 bridgehead atoms. The number of thiophene rings is 1. The van der Waals surface area contributed by atoms with Crippen LogP contribution in [0.4, 0.5) is 4.79 Å². The summed E-state index contributed by atoms with van der Waals surface area (Å²) in [6, 6.07) is 4.37. The molecular formula is C14H22N2OS. The van der Waals surface area contributed by atoms with E-state index >= 15 is 0 Å². The second-order valence-corrected chi connectivity index (χ2v) is 6.03. The molecule has 0 radical (unpaired) electrons. The minimum atomic E-state index is 0.100. The van der Waals surface area contributed by atoms with Crippen LogP contribution in [0.3, 0.4) is 0 Å². The molecule has 0 aliphatic carbocycles. The lowest BCUT2D eigenvalue weighted by Crippen LogP contribution is -2.39. The van der Waals surface area contributed by atoms with Crippen LogP contribution in [0.25, 0.3) is 0 Å². The van der Waals surface area contributed by atoms with Gasteiger partial charge in [-0.05, 0) is 31.4 Å². The highest BCUT2D eigenvalue weighted by Crippen LogP contribution is 2.16. The van der Waals surface area contributed by atoms with Gasteiger partial charge in [0.1, 0.15) is 0 Å². The molecule has 1 fully saturated rings. The lowest BCUT2D eigenvalue weighted by molar-refractivity contribution is 0.199. The molecule has 0 atom stereocenters. The van der Waals surface area contributed by atoms with Gasteiger partial charge in [-0.3, -0.25) is 0 Å². The predicted molar refractivity (Wildman–Crippen MR) is 76.0 cm³/mol. The van der Waals surface area contributed by atoms with E-state index in [0.29, 0.717) is 6.54 Å². The highest BCUT2D eigenvalue weighted by atomic mass is 32.1. The minimum Gasteiger partial charge on any atom is -0.333 e. The average Bonchev–Trinajstić information content (AvgIpc) is 2.68. The lowest BCUT2D eigenvalue weighted by atomic mass is 10.2. The Kier molecular flexibility index (Phi) is 5.05. The summed E-state index contributed by atoms with van der Waals surface area (Å²) < 4.78 is 0. The fraction of sp³-hybridized carbons (Fsp3) is 0.643. The van der Waals surface area contributed by atoms with E-state index in [4.69, 9.17) is 0 Å². The zero-order chi connectivity index (χ0) is 12.8. The molecule has 0 saturated carbocycles. The van der Waals surface area contributed by atoms with Crippen LogP contribution in [0.1, 0.15) is 42.4 Å². The topological polar surface area (TPSA) is 32.3 Å². The summed E-state index contributed by atoms with van der Waals surface area (Å²) in [5.41, 5.74) is 0. The number of nitrogens with zero attached hydrogens (tertiary/aromatic N) is 1. The van der Waals surface area contributed by atoms with Gasteiger partial charge in [-0.25, -0.2) is 4.79 Å². The van der Waals surface area contributed by atoms with Gasteiger partial charge in [-0.15, -0.1) is 11.3 Å². The maximum Gasteiger partial charge on any atom is 0.317 e. The Balaban J connectivity index is 1.79. The number of aryl methyl sites for hydroxylation is 1. The van der Waals surface area contributed by atoms with E-state index in [1.165, 1.54) is 22.6 Å². The number of urea groups is 1. The molecular weight excluding hydrogens is 244 g/mol. The third-order valence-electron chi connectivity index (χ3n) is 3.37. The number of carbonyl (C=O) groups is 1. The Morgan fingerprint density at radius 2 is 1.89 bits per heavy atom. The summed E-state index contributed by atoms with van der Waals surface area (Å²) in [6.45, 7) is 4.65. The minimum absolute atomic E-state index is 0.100. The zero-order valence-electron chi connectivity index (χ0n) is 11.1. The number of hydrogen-bond donors (Lipinski definition) is 1. The van der Waals surface area contributed by atoms with Gasteiger partial charge in [0.05, 0.1) is 6.54 Å². The molecule has 2 rings (SSSR count). The first-order valence-corrected chi connectivity index (χ1v) is 7.71. The number of carbonyl (C=O) groups excluding carboxylic acids is 1. The Morgan fingerprint density at radius 1 is 1.22 bits per heavy atom. The van der Waals surface area contributed by atoms with Gasteiger partial charge < -0.3 is 10.2 Å². The van der Waals surface area contributed by atoms with Crippen molar-refractivity contribution in [2.45, 2.75) is 45.6 Å². The standard InChI is InChI=1S/C14H22N2OS/c1-2-12-7-8-13(18-12)11-15-14(17)16-9-5-3-4-6-10-16/h7-8H,2-6,9-11H2,1H3,(H,15,17). The maximum atomic E-state index is 12.0. The summed E-state index contributed by atoms with van der Waals surface area (Å²) in [5.74, 6) is 0. The van der Waals surface area contributed by atoms with Gasteiger partial charge in [-0.1, -0.05) is 19.8 Å². The van der Waals surface area contributed by atoms with E-state index in [2.05, 4.69) is 24.4 Å². The third kappa shape index (κ3) is 3.73. The van der Waals surface area contributed by atoms with Crippen molar-refractivity contribution in [1.82, 2.24) is 10.2 Å². The van der Waals surface area contributed by atoms with Gasteiger partial charge in [0.2, 0.25) is 0 Å². The first-order chi connectivity index (χ1) is 8.79. The Morgan fingerprint density at radius 3 is 2.50 bits per heavy atom. The van der Waals surface area contributed by atoms with Crippen LogP contribution in [0, 0.1) is 0 Å². The van der Waals surface area contributed by atoms with Crippen LogP contribution in [0.2, 0.25) is 0 Å². The van der Waals surface area contributed by atoms with Crippen molar-refractivity contribution in [3.8, 4) is 0 Å². The van der Waals surface area contributed by atoms with Gasteiger partial charge in [0, 0.05) is 22.8 Å². The quantitative estimate of drug-likeness (QED) is 0.893. The molecule has 1 aliphatic heterocycles. The SMILES string of the molecule is CCc1ccc(CNC(=O)N2CCCCCC2)s1. The Bertz CT molecular complexity index is 381. The fourth-order valence-electron chi connectivity index (χ4n) is 2.26. The fourth-order valence-corrected chi connectivity index (χ4v) is 3.15. The van der Waals surface area contributed by atoms with Gasteiger partial charge in [0.15, 0.2) is 0 Å². The number of amides is 2. The second-order valence-electron chi connectivity index (χ2n) is 4.78. The molecule has 1 N–H and O–H groups in total. The summed E-state index contributed by atoms with van der Waals surface area (Å²) in [4.78, 5) is 16.6. The predicted octanol–water partition coefficient (Wildman–Crippen LogP) is 3.40. The first kappa shape index (κ1) is 13.4. The zero-order valence-corrected chi connectivity index (χ0v) is 11.9. The van der Waals surface area contributed by atoms with Gasteiger partial charge >= 0.3 is 6.03 Å².